The highest BCUT2D eigenvalue weighted by Crippen LogP contribution is 2.39. The van der Waals surface area contributed by atoms with Crippen molar-refractivity contribution in [2.45, 2.75) is 32.2 Å². The molecule has 0 radical (unpaired) electrons. The third-order valence-corrected chi connectivity index (χ3v) is 7.95. The summed E-state index contributed by atoms with van der Waals surface area (Å²) >= 11 is 0. The highest BCUT2D eigenvalue weighted by Gasteiger charge is 2.39. The number of piperidine rings is 1. The minimum Gasteiger partial charge on any atom is -0.379 e. The van der Waals surface area contributed by atoms with Crippen molar-refractivity contribution in [1.29, 1.82) is 0 Å². The van der Waals surface area contributed by atoms with E-state index in [1.54, 1.807) is 12.4 Å². The van der Waals surface area contributed by atoms with Crippen molar-refractivity contribution in [2.24, 2.45) is 11.3 Å². The molecule has 6 rings (SSSR count). The van der Waals surface area contributed by atoms with Crippen molar-refractivity contribution in [1.82, 2.24) is 25.2 Å². The topological polar surface area (TPSA) is 66.4 Å². The maximum atomic E-state index is 5.55. The number of anilines is 1. The first-order valence-corrected chi connectivity index (χ1v) is 12.5. The first kappa shape index (κ1) is 21.2. The maximum Gasteiger partial charge on any atom is 0.157 e. The van der Waals surface area contributed by atoms with Gasteiger partial charge in [-0.2, -0.15) is 0 Å². The number of hydrogen-bond donors (Lipinski definition) is 1. The Morgan fingerprint density at radius 2 is 2.00 bits per heavy atom. The van der Waals surface area contributed by atoms with Gasteiger partial charge in [0.1, 0.15) is 5.52 Å². The van der Waals surface area contributed by atoms with E-state index in [-0.39, 0.29) is 0 Å². The number of nitrogens with zero attached hydrogens (tertiary/aromatic N) is 5. The van der Waals surface area contributed by atoms with Crippen LogP contribution in [0.15, 0.2) is 36.7 Å². The van der Waals surface area contributed by atoms with E-state index in [2.05, 4.69) is 51.3 Å². The van der Waals surface area contributed by atoms with E-state index in [9.17, 15) is 0 Å². The summed E-state index contributed by atoms with van der Waals surface area (Å²) in [5.74, 6) is 1.42. The zero-order valence-corrected chi connectivity index (χ0v) is 19.5. The molecule has 0 aromatic carbocycles. The molecule has 2 unspecified atom stereocenters. The molecular formula is C26H34N6O. The first-order chi connectivity index (χ1) is 16.2. The van der Waals surface area contributed by atoms with Gasteiger partial charge in [0.2, 0.25) is 0 Å². The molecule has 3 atom stereocenters. The molecule has 2 aromatic heterocycles. The normalized spacial score (nSPS) is 30.8. The minimum absolute atomic E-state index is 0.369. The predicted octanol–water partition coefficient (Wildman–Crippen LogP) is 2.89. The number of pyridine rings is 1. The molecule has 1 N–H and O–H groups in total. The molecule has 7 heteroatoms. The number of allylic oxidation sites excluding steroid dienone is 2. The molecule has 1 aliphatic carbocycles. The van der Waals surface area contributed by atoms with Crippen LogP contribution in [0.25, 0.3) is 16.6 Å². The Morgan fingerprint density at radius 1 is 1.12 bits per heavy atom. The fourth-order valence-electron chi connectivity index (χ4n) is 6.17. The Labute approximate surface area is 195 Å². The molecule has 0 saturated carbocycles. The lowest BCUT2D eigenvalue weighted by atomic mass is 9.79. The molecule has 1 spiro atoms. The van der Waals surface area contributed by atoms with E-state index in [4.69, 9.17) is 14.7 Å². The Morgan fingerprint density at radius 3 is 2.82 bits per heavy atom. The van der Waals surface area contributed by atoms with Gasteiger partial charge in [-0.25, -0.2) is 9.97 Å². The highest BCUT2D eigenvalue weighted by molar-refractivity contribution is 5.89. The number of hydrogen-bond acceptors (Lipinski definition) is 7. The monoisotopic (exact) mass is 446 g/mol. The summed E-state index contributed by atoms with van der Waals surface area (Å²) in [6.45, 7) is 10.3. The van der Waals surface area contributed by atoms with Gasteiger partial charge in [-0.05, 0) is 43.4 Å². The summed E-state index contributed by atoms with van der Waals surface area (Å²) in [5.41, 5.74) is 4.41. The van der Waals surface area contributed by atoms with Crippen LogP contribution in [-0.4, -0.2) is 78.4 Å². The average Bonchev–Trinajstić information content (AvgIpc) is 3.31. The molecule has 174 valence electrons. The molecular weight excluding hydrogens is 412 g/mol. The van der Waals surface area contributed by atoms with Gasteiger partial charge in [-0.1, -0.05) is 25.2 Å². The van der Waals surface area contributed by atoms with Crippen molar-refractivity contribution < 1.29 is 4.74 Å². The second kappa shape index (κ2) is 8.78. The van der Waals surface area contributed by atoms with E-state index >= 15 is 0 Å². The van der Waals surface area contributed by atoms with Gasteiger partial charge in [0.25, 0.3) is 0 Å². The minimum atomic E-state index is 0.369. The number of rotatable bonds is 3. The second-order valence-electron chi connectivity index (χ2n) is 10.2. The number of morpholine rings is 1. The Bertz CT molecular complexity index is 1070. The number of nitrogens with one attached hydrogen (secondary N) is 1. The van der Waals surface area contributed by atoms with Crippen LogP contribution in [0.3, 0.4) is 0 Å². The summed E-state index contributed by atoms with van der Waals surface area (Å²) in [6, 6.07) is 2.54. The molecule has 0 bridgehead atoms. The summed E-state index contributed by atoms with van der Waals surface area (Å²) in [7, 11) is 0. The number of aromatic nitrogens is 3. The van der Waals surface area contributed by atoms with Gasteiger partial charge in [0.05, 0.1) is 24.4 Å². The van der Waals surface area contributed by atoms with E-state index in [1.807, 2.05) is 0 Å². The molecule has 2 aromatic rings. The summed E-state index contributed by atoms with van der Waals surface area (Å²) < 4.78 is 5.55. The smallest absolute Gasteiger partial charge is 0.157 e. The van der Waals surface area contributed by atoms with Gasteiger partial charge < -0.3 is 15.0 Å². The second-order valence-corrected chi connectivity index (χ2v) is 10.2. The molecule has 0 amide bonds. The van der Waals surface area contributed by atoms with Crippen molar-refractivity contribution in [3.05, 3.63) is 42.4 Å². The standard InChI is InChI=1S/C26H34N6O/c1-19-15-20(3-4-23(19)31-11-13-33-14-12-31)21-16-22-24(29-9-8-28-22)25(30-21)32-10-2-5-26(18-32)6-7-27-17-26/h3-4,8-9,15-16,19,23,27H,2,5-7,10-14,17-18H2,1H3/t19-,23?,26?/m1/s1. The first-order valence-electron chi connectivity index (χ1n) is 12.5. The third kappa shape index (κ3) is 4.07. The molecule has 33 heavy (non-hydrogen) atoms. The van der Waals surface area contributed by atoms with Gasteiger partial charge >= 0.3 is 0 Å². The van der Waals surface area contributed by atoms with Crippen LogP contribution in [0.1, 0.15) is 31.9 Å². The van der Waals surface area contributed by atoms with Crippen LogP contribution in [0.4, 0.5) is 5.82 Å². The van der Waals surface area contributed by atoms with Crippen LogP contribution < -0.4 is 10.2 Å². The van der Waals surface area contributed by atoms with Crippen LogP contribution in [-0.2, 0) is 4.74 Å². The molecule has 3 aliphatic heterocycles. The largest absolute Gasteiger partial charge is 0.379 e. The fourth-order valence-corrected chi connectivity index (χ4v) is 6.17. The van der Waals surface area contributed by atoms with Gasteiger partial charge in [0.15, 0.2) is 5.82 Å². The zero-order valence-electron chi connectivity index (χ0n) is 19.5. The summed E-state index contributed by atoms with van der Waals surface area (Å²) in [5, 5.41) is 3.59. The van der Waals surface area contributed by atoms with Crippen LogP contribution in [0, 0.1) is 11.3 Å². The van der Waals surface area contributed by atoms with E-state index in [0.29, 0.717) is 17.4 Å². The summed E-state index contributed by atoms with van der Waals surface area (Å²) in [4.78, 5) is 19.6. The average molecular weight is 447 g/mol. The van der Waals surface area contributed by atoms with Crippen molar-refractivity contribution in [2.75, 3.05) is 57.4 Å². The van der Waals surface area contributed by atoms with Crippen molar-refractivity contribution >= 4 is 22.4 Å². The van der Waals surface area contributed by atoms with Gasteiger partial charge in [0, 0.05) is 56.6 Å². The Balaban J connectivity index is 1.33. The fraction of sp³-hybridized carbons (Fsp3) is 0.577. The quantitative estimate of drug-likeness (QED) is 0.778. The Hall–Kier alpha value is -2.35. The lowest BCUT2D eigenvalue weighted by Crippen LogP contribution is -2.45. The zero-order chi connectivity index (χ0) is 22.3. The lowest BCUT2D eigenvalue weighted by molar-refractivity contribution is 0.0194. The summed E-state index contributed by atoms with van der Waals surface area (Å²) in [6.07, 6.45) is 14.3. The van der Waals surface area contributed by atoms with E-state index < -0.39 is 0 Å². The molecule has 5 heterocycles. The molecule has 3 fully saturated rings. The SMILES string of the molecule is C[C@@H]1C=C(c2cc3nccnc3c(N3CCCC4(CCNC4)C3)n2)C=CC1N1CCOCC1. The molecule has 4 aliphatic rings. The van der Waals surface area contributed by atoms with E-state index in [0.717, 1.165) is 75.0 Å². The van der Waals surface area contributed by atoms with Crippen LogP contribution >= 0.6 is 0 Å². The predicted molar refractivity (Wildman–Crippen MR) is 131 cm³/mol. The molecule has 7 nitrogen and oxygen atoms in total. The van der Waals surface area contributed by atoms with E-state index in [1.165, 1.54) is 24.8 Å². The van der Waals surface area contributed by atoms with Crippen molar-refractivity contribution in [3.63, 3.8) is 0 Å². The maximum absolute atomic E-state index is 5.55. The van der Waals surface area contributed by atoms with Gasteiger partial charge in [-0.15, -0.1) is 0 Å². The number of fused-ring (bicyclic) bond motifs is 1. The molecule has 3 saturated heterocycles. The van der Waals surface area contributed by atoms with Crippen molar-refractivity contribution in [3.8, 4) is 0 Å². The third-order valence-electron chi connectivity index (χ3n) is 7.95. The number of ether oxygens (including phenoxy) is 1. The van der Waals surface area contributed by atoms with Gasteiger partial charge in [-0.3, -0.25) is 9.88 Å². The lowest BCUT2D eigenvalue weighted by Gasteiger charge is -2.41. The van der Waals surface area contributed by atoms with Crippen LogP contribution in [0.5, 0.6) is 0 Å². The van der Waals surface area contributed by atoms with Crippen LogP contribution in [0.2, 0.25) is 0 Å². The highest BCUT2D eigenvalue weighted by atomic mass is 16.5. The Kier molecular flexibility index (Phi) is 5.64.